The molecule has 0 saturated heterocycles. The molecule has 112 valence electrons. The third kappa shape index (κ3) is 14.8. The number of hydrogen-bond acceptors (Lipinski definition) is 5. The van der Waals surface area contributed by atoms with Crippen LogP contribution in [0.25, 0.3) is 0 Å². The minimum Gasteiger partial charge on any atom is -0.395 e. The summed E-state index contributed by atoms with van der Waals surface area (Å²) in [5.74, 6) is 2.74. The first-order valence-corrected chi connectivity index (χ1v) is 6.86. The highest BCUT2D eigenvalue weighted by molar-refractivity contribution is 5.52. The van der Waals surface area contributed by atoms with Crippen LogP contribution in [0.1, 0.15) is 20.8 Å². The first kappa shape index (κ1) is 20.2. The summed E-state index contributed by atoms with van der Waals surface area (Å²) in [6.45, 7) is 16.0. The Morgan fingerprint density at radius 3 is 2.11 bits per heavy atom. The molecule has 0 spiro atoms. The van der Waals surface area contributed by atoms with E-state index in [9.17, 15) is 0 Å². The lowest BCUT2D eigenvalue weighted by atomic mass is 10.5. The molecular weight excluding hydrogens is 240 g/mol. The van der Waals surface area contributed by atoms with Gasteiger partial charge in [0.05, 0.1) is 19.4 Å². The number of aliphatic hydroxyl groups is 1. The smallest absolute Gasteiger partial charge is 0.0664 e. The Morgan fingerprint density at radius 2 is 1.95 bits per heavy atom. The van der Waals surface area contributed by atoms with E-state index in [1.54, 1.807) is 12.4 Å². The van der Waals surface area contributed by atoms with Crippen LogP contribution >= 0.6 is 0 Å². The van der Waals surface area contributed by atoms with Gasteiger partial charge in [0.15, 0.2) is 0 Å². The Hall–Kier alpha value is -1.13. The van der Waals surface area contributed by atoms with E-state index in [1.807, 2.05) is 4.90 Å². The molecule has 0 aromatic rings. The fraction of sp³-hybridized carbons (Fsp3) is 0.714. The summed E-state index contributed by atoms with van der Waals surface area (Å²) in [6.07, 6.45) is 3.55. The van der Waals surface area contributed by atoms with Crippen molar-refractivity contribution in [3.63, 3.8) is 0 Å². The molecule has 0 aromatic carbocycles. The Labute approximate surface area is 118 Å². The molecule has 5 nitrogen and oxygen atoms in total. The van der Waals surface area contributed by atoms with E-state index >= 15 is 0 Å². The van der Waals surface area contributed by atoms with Gasteiger partial charge in [-0.25, -0.2) is 4.99 Å². The van der Waals surface area contributed by atoms with Crippen LogP contribution in [0.15, 0.2) is 24.0 Å². The highest BCUT2D eigenvalue weighted by Crippen LogP contribution is 1.90. The van der Waals surface area contributed by atoms with Gasteiger partial charge in [0.2, 0.25) is 0 Å². The molecule has 1 rings (SSSR count). The van der Waals surface area contributed by atoms with Crippen LogP contribution in [0.2, 0.25) is 0 Å². The molecule has 1 aliphatic rings. The van der Waals surface area contributed by atoms with Crippen LogP contribution in [0.5, 0.6) is 0 Å². The first-order valence-electron chi connectivity index (χ1n) is 6.86. The predicted molar refractivity (Wildman–Crippen MR) is 83.4 cm³/mol. The number of rotatable bonds is 5. The van der Waals surface area contributed by atoms with Gasteiger partial charge >= 0.3 is 0 Å². The van der Waals surface area contributed by atoms with Gasteiger partial charge in [-0.05, 0) is 31.7 Å². The van der Waals surface area contributed by atoms with Crippen molar-refractivity contribution in [2.45, 2.75) is 20.8 Å². The molecule has 0 unspecified atom stereocenters. The second-order valence-electron chi connectivity index (χ2n) is 3.69. The van der Waals surface area contributed by atoms with Crippen molar-refractivity contribution < 1.29 is 5.11 Å². The van der Waals surface area contributed by atoms with E-state index in [0.717, 1.165) is 13.1 Å². The summed E-state index contributed by atoms with van der Waals surface area (Å²) in [5, 5.41) is 7.75. The van der Waals surface area contributed by atoms with E-state index in [1.165, 1.54) is 19.6 Å². The maximum Gasteiger partial charge on any atom is 0.0664 e. The molecule has 19 heavy (non-hydrogen) atoms. The second kappa shape index (κ2) is 16.9. The number of aliphatic hydroxyl groups excluding tert-OH is 1. The van der Waals surface area contributed by atoms with Crippen molar-refractivity contribution in [1.82, 2.24) is 9.80 Å². The second-order valence-corrected chi connectivity index (χ2v) is 3.69. The molecule has 3 N–H and O–H groups in total. The van der Waals surface area contributed by atoms with Gasteiger partial charge in [-0.3, -0.25) is 0 Å². The molecule has 0 radical (unpaired) electrons. The summed E-state index contributed by atoms with van der Waals surface area (Å²) in [6, 6.07) is 0. The Balaban J connectivity index is 0. The van der Waals surface area contributed by atoms with Crippen molar-refractivity contribution in [2.24, 2.45) is 10.7 Å². The van der Waals surface area contributed by atoms with Crippen LogP contribution in [0.4, 0.5) is 0 Å². The van der Waals surface area contributed by atoms with Gasteiger partial charge in [-0.2, -0.15) is 0 Å². The van der Waals surface area contributed by atoms with Gasteiger partial charge in [0.25, 0.3) is 0 Å². The lowest BCUT2D eigenvalue weighted by molar-refractivity contribution is 0.306. The van der Waals surface area contributed by atoms with E-state index in [2.05, 4.69) is 43.1 Å². The van der Waals surface area contributed by atoms with Crippen molar-refractivity contribution in [2.75, 3.05) is 45.9 Å². The van der Waals surface area contributed by atoms with Crippen molar-refractivity contribution in [3.8, 4) is 0 Å². The maximum atomic E-state index is 7.75. The minimum atomic E-state index is 0.0972. The van der Waals surface area contributed by atoms with Crippen molar-refractivity contribution in [3.05, 3.63) is 19.0 Å². The Bertz CT molecular complexity index is 238. The van der Waals surface area contributed by atoms with Crippen molar-refractivity contribution >= 4 is 5.87 Å². The Kier molecular flexibility index (Phi) is 17.9. The molecule has 0 bridgehead atoms. The van der Waals surface area contributed by atoms with Gasteiger partial charge < -0.3 is 20.6 Å². The monoisotopic (exact) mass is 270 g/mol. The fourth-order valence-corrected chi connectivity index (χ4v) is 1.22. The molecular formula is C14H30N4O. The zero-order valence-electron chi connectivity index (χ0n) is 12.7. The lowest BCUT2D eigenvalue weighted by Crippen LogP contribution is -2.21. The molecule has 0 atom stereocenters. The predicted octanol–water partition coefficient (Wildman–Crippen LogP) is 0.914. The number of hydrogen-bond donors (Lipinski definition) is 2. The maximum absolute atomic E-state index is 7.75. The third-order valence-electron chi connectivity index (χ3n) is 2.49. The quantitative estimate of drug-likeness (QED) is 0.779. The van der Waals surface area contributed by atoms with E-state index in [-0.39, 0.29) is 6.61 Å². The normalized spacial score (nSPS) is 12.4. The zero-order chi connectivity index (χ0) is 14.9. The van der Waals surface area contributed by atoms with Crippen LogP contribution in [0, 0.1) is 0 Å². The van der Waals surface area contributed by atoms with Gasteiger partial charge in [-0.1, -0.05) is 27.4 Å². The van der Waals surface area contributed by atoms with Crippen LogP contribution in [-0.2, 0) is 0 Å². The number of nitrogens with zero attached hydrogens (tertiary/aromatic N) is 3. The number of aliphatic imine (C=N–C) groups is 1. The Morgan fingerprint density at radius 1 is 1.42 bits per heavy atom. The van der Waals surface area contributed by atoms with E-state index in [4.69, 9.17) is 10.8 Å². The van der Waals surface area contributed by atoms with Crippen LogP contribution < -0.4 is 5.73 Å². The SMILES string of the molecule is C=CN1C=C=NCC1.CCN(CC)CC.NCCO. The lowest BCUT2D eigenvalue weighted by Gasteiger charge is -2.13. The first-order chi connectivity index (χ1) is 9.19. The third-order valence-corrected chi connectivity index (χ3v) is 2.49. The molecule has 1 aliphatic heterocycles. The van der Waals surface area contributed by atoms with Crippen LogP contribution in [-0.4, -0.2) is 66.7 Å². The van der Waals surface area contributed by atoms with Gasteiger partial charge in [-0.15, -0.1) is 0 Å². The topological polar surface area (TPSA) is 65.1 Å². The average molecular weight is 270 g/mol. The van der Waals surface area contributed by atoms with Crippen LogP contribution in [0.3, 0.4) is 0 Å². The molecule has 1 heterocycles. The highest BCUT2D eigenvalue weighted by Gasteiger charge is 1.92. The molecule has 0 saturated carbocycles. The average Bonchev–Trinajstić information content (AvgIpc) is 2.51. The standard InChI is InChI=1S/C6H8N2.C6H15N.C2H7NO/c1-2-8-5-3-7-4-6-8;1-4-7(5-2)6-3;3-1-2-4/h2,6H,1,3,5H2;4-6H2,1-3H3;4H,1-3H2. The van der Waals surface area contributed by atoms with Crippen molar-refractivity contribution in [1.29, 1.82) is 0 Å². The number of nitrogens with two attached hydrogens (primary N) is 1. The molecule has 0 fully saturated rings. The molecule has 0 aromatic heterocycles. The fourth-order valence-electron chi connectivity index (χ4n) is 1.22. The largest absolute Gasteiger partial charge is 0.395 e. The molecule has 0 aliphatic carbocycles. The molecule has 0 amide bonds. The highest BCUT2D eigenvalue weighted by atomic mass is 16.3. The molecule has 5 heteroatoms. The van der Waals surface area contributed by atoms with Gasteiger partial charge in [0, 0.05) is 13.1 Å². The minimum absolute atomic E-state index is 0.0972. The summed E-state index contributed by atoms with van der Waals surface area (Å²) in [4.78, 5) is 8.21. The van der Waals surface area contributed by atoms with E-state index < -0.39 is 0 Å². The van der Waals surface area contributed by atoms with Gasteiger partial charge in [0.1, 0.15) is 0 Å². The van der Waals surface area contributed by atoms with E-state index in [0.29, 0.717) is 6.54 Å². The summed E-state index contributed by atoms with van der Waals surface area (Å²) < 4.78 is 0. The summed E-state index contributed by atoms with van der Waals surface area (Å²) >= 11 is 0. The summed E-state index contributed by atoms with van der Waals surface area (Å²) in [5.41, 5.74) is 4.78. The summed E-state index contributed by atoms with van der Waals surface area (Å²) in [7, 11) is 0. The zero-order valence-corrected chi connectivity index (χ0v) is 12.7.